The van der Waals surface area contributed by atoms with E-state index in [0.717, 1.165) is 0 Å². The Bertz CT molecular complexity index is 608. The van der Waals surface area contributed by atoms with Crippen molar-refractivity contribution in [2.75, 3.05) is 0 Å². The molecule has 1 aromatic heterocycles. The van der Waals surface area contributed by atoms with Crippen molar-refractivity contribution in [2.45, 2.75) is 12.8 Å². The molecular weight excluding hydrogens is 242 g/mol. The van der Waals surface area contributed by atoms with Crippen molar-refractivity contribution in [2.24, 2.45) is 0 Å². The second-order valence-electron chi connectivity index (χ2n) is 4.26. The molecule has 4 heteroatoms. The largest absolute Gasteiger partial charge is 0.481 e. The second-order valence-corrected chi connectivity index (χ2v) is 4.26. The van der Waals surface area contributed by atoms with Crippen LogP contribution in [0, 0.1) is 0 Å². The molecule has 0 amide bonds. The molecule has 1 aromatic carbocycles. The van der Waals surface area contributed by atoms with Crippen molar-refractivity contribution >= 4 is 11.8 Å². The summed E-state index contributed by atoms with van der Waals surface area (Å²) in [6.45, 7) is 1.59. The van der Waals surface area contributed by atoms with E-state index in [1.54, 1.807) is 49.5 Å². The van der Waals surface area contributed by atoms with Gasteiger partial charge >= 0.3 is 5.97 Å². The van der Waals surface area contributed by atoms with E-state index in [1.165, 1.54) is 6.20 Å². The lowest BCUT2D eigenvalue weighted by molar-refractivity contribution is -0.138. The molecular formula is C15H13NO3. The number of carboxylic acid groups (broad SMARTS) is 1. The van der Waals surface area contributed by atoms with Gasteiger partial charge in [0.05, 0.1) is 5.92 Å². The first-order valence-electron chi connectivity index (χ1n) is 5.87. The minimum absolute atomic E-state index is 0.160. The minimum atomic E-state index is -0.911. The summed E-state index contributed by atoms with van der Waals surface area (Å²) in [7, 11) is 0. The lowest BCUT2D eigenvalue weighted by Crippen LogP contribution is -2.09. The number of nitrogens with zero attached hydrogens (tertiary/aromatic N) is 1. The lowest BCUT2D eigenvalue weighted by Gasteiger charge is -2.08. The zero-order valence-electron chi connectivity index (χ0n) is 10.4. The summed E-state index contributed by atoms with van der Waals surface area (Å²) in [4.78, 5) is 27.1. The average molecular weight is 255 g/mol. The monoisotopic (exact) mass is 255 g/mol. The van der Waals surface area contributed by atoms with Crippen LogP contribution in [0.4, 0.5) is 0 Å². The van der Waals surface area contributed by atoms with Gasteiger partial charge in [-0.3, -0.25) is 14.6 Å². The van der Waals surface area contributed by atoms with Gasteiger partial charge in [-0.15, -0.1) is 0 Å². The van der Waals surface area contributed by atoms with Gasteiger partial charge in [0.2, 0.25) is 0 Å². The van der Waals surface area contributed by atoms with Crippen LogP contribution in [0.1, 0.15) is 34.3 Å². The summed E-state index contributed by atoms with van der Waals surface area (Å²) in [5.74, 6) is -1.71. The van der Waals surface area contributed by atoms with E-state index >= 15 is 0 Å². The number of hydrogen-bond acceptors (Lipinski definition) is 3. The molecule has 0 bridgehead atoms. The second kappa shape index (κ2) is 5.44. The summed E-state index contributed by atoms with van der Waals surface area (Å²) in [5.41, 5.74) is 1.57. The molecule has 0 radical (unpaired) electrons. The summed E-state index contributed by atoms with van der Waals surface area (Å²) in [6.07, 6.45) is 3.09. The maximum absolute atomic E-state index is 12.2. The minimum Gasteiger partial charge on any atom is -0.481 e. The molecule has 0 saturated heterocycles. The van der Waals surface area contributed by atoms with E-state index in [2.05, 4.69) is 4.98 Å². The summed E-state index contributed by atoms with van der Waals surface area (Å²) >= 11 is 0. The van der Waals surface area contributed by atoms with Gasteiger partial charge in [0, 0.05) is 23.5 Å². The third kappa shape index (κ3) is 2.85. The first kappa shape index (κ1) is 13.0. The number of aromatic nitrogens is 1. The van der Waals surface area contributed by atoms with Gasteiger partial charge in [-0.2, -0.15) is 0 Å². The van der Waals surface area contributed by atoms with E-state index in [9.17, 15) is 9.59 Å². The SMILES string of the molecule is CC(C(=O)O)c1cccc(C(=O)c2cccnc2)c1. The van der Waals surface area contributed by atoms with Crippen LogP contribution in [0.3, 0.4) is 0 Å². The molecule has 2 aromatic rings. The van der Waals surface area contributed by atoms with Crippen molar-refractivity contribution < 1.29 is 14.7 Å². The highest BCUT2D eigenvalue weighted by Gasteiger charge is 2.16. The van der Waals surface area contributed by atoms with E-state index in [4.69, 9.17) is 5.11 Å². The molecule has 1 N–H and O–H groups in total. The first-order valence-corrected chi connectivity index (χ1v) is 5.87. The number of pyridine rings is 1. The molecule has 2 rings (SSSR count). The number of benzene rings is 1. The first-order chi connectivity index (χ1) is 9.09. The Labute approximate surface area is 110 Å². The van der Waals surface area contributed by atoms with Gasteiger partial charge in [0.15, 0.2) is 5.78 Å². The number of ketones is 1. The fraction of sp³-hybridized carbons (Fsp3) is 0.133. The Morgan fingerprint density at radius 2 is 1.89 bits per heavy atom. The summed E-state index contributed by atoms with van der Waals surface area (Å²) in [6, 6.07) is 10.1. The topological polar surface area (TPSA) is 67.3 Å². The Balaban J connectivity index is 2.34. The third-order valence-electron chi connectivity index (χ3n) is 2.94. The highest BCUT2D eigenvalue weighted by molar-refractivity contribution is 6.08. The molecule has 0 aliphatic carbocycles. The van der Waals surface area contributed by atoms with Crippen LogP contribution in [0.15, 0.2) is 48.8 Å². The molecule has 0 spiro atoms. The number of carboxylic acids is 1. The van der Waals surface area contributed by atoms with E-state index in [1.807, 2.05) is 0 Å². The van der Waals surface area contributed by atoms with Crippen LogP contribution < -0.4 is 0 Å². The smallest absolute Gasteiger partial charge is 0.310 e. The summed E-state index contributed by atoms with van der Waals surface area (Å²) in [5, 5.41) is 8.99. The normalized spacial score (nSPS) is 11.8. The summed E-state index contributed by atoms with van der Waals surface area (Å²) < 4.78 is 0. The molecule has 4 nitrogen and oxygen atoms in total. The molecule has 96 valence electrons. The number of hydrogen-bond donors (Lipinski definition) is 1. The predicted octanol–water partition coefficient (Wildman–Crippen LogP) is 2.50. The Morgan fingerprint density at radius 3 is 2.53 bits per heavy atom. The van der Waals surface area contributed by atoms with Crippen molar-refractivity contribution in [3.8, 4) is 0 Å². The molecule has 0 fully saturated rings. The van der Waals surface area contributed by atoms with Crippen LogP contribution in [0.2, 0.25) is 0 Å². The average Bonchev–Trinajstić information content (AvgIpc) is 2.46. The van der Waals surface area contributed by atoms with Crippen molar-refractivity contribution in [3.05, 3.63) is 65.5 Å². The number of carbonyl (C=O) groups is 2. The van der Waals surface area contributed by atoms with Gasteiger partial charge < -0.3 is 5.11 Å². The molecule has 0 aliphatic heterocycles. The number of carbonyl (C=O) groups excluding carboxylic acids is 1. The molecule has 1 atom stereocenters. The third-order valence-corrected chi connectivity index (χ3v) is 2.94. The number of rotatable bonds is 4. The van der Waals surface area contributed by atoms with Gasteiger partial charge in [-0.1, -0.05) is 18.2 Å². The highest BCUT2D eigenvalue weighted by atomic mass is 16.4. The van der Waals surface area contributed by atoms with E-state index in [-0.39, 0.29) is 5.78 Å². The predicted molar refractivity (Wildman–Crippen MR) is 70.2 cm³/mol. The standard InChI is InChI=1S/C15H13NO3/c1-10(15(18)19)11-4-2-5-12(8-11)14(17)13-6-3-7-16-9-13/h2-10H,1H3,(H,18,19). The van der Waals surface area contributed by atoms with Crippen molar-refractivity contribution in [3.63, 3.8) is 0 Å². The zero-order valence-corrected chi connectivity index (χ0v) is 10.4. The highest BCUT2D eigenvalue weighted by Crippen LogP contribution is 2.18. The van der Waals surface area contributed by atoms with Crippen LogP contribution in [0.25, 0.3) is 0 Å². The van der Waals surface area contributed by atoms with E-state index < -0.39 is 11.9 Å². The quantitative estimate of drug-likeness (QED) is 0.852. The Morgan fingerprint density at radius 1 is 1.16 bits per heavy atom. The lowest BCUT2D eigenvalue weighted by atomic mass is 9.96. The fourth-order valence-electron chi connectivity index (χ4n) is 1.76. The fourth-order valence-corrected chi connectivity index (χ4v) is 1.76. The Kier molecular flexibility index (Phi) is 3.71. The molecule has 0 aliphatic rings. The maximum Gasteiger partial charge on any atom is 0.310 e. The molecule has 19 heavy (non-hydrogen) atoms. The van der Waals surface area contributed by atoms with Crippen LogP contribution >= 0.6 is 0 Å². The van der Waals surface area contributed by atoms with Crippen molar-refractivity contribution in [1.29, 1.82) is 0 Å². The number of aliphatic carboxylic acids is 1. The van der Waals surface area contributed by atoms with Crippen molar-refractivity contribution in [1.82, 2.24) is 4.98 Å². The van der Waals surface area contributed by atoms with Gasteiger partial charge in [0.1, 0.15) is 0 Å². The Hall–Kier alpha value is -2.49. The molecule has 1 unspecified atom stereocenters. The molecule has 1 heterocycles. The van der Waals surface area contributed by atoms with Crippen LogP contribution in [-0.2, 0) is 4.79 Å². The zero-order chi connectivity index (χ0) is 13.8. The van der Waals surface area contributed by atoms with Gasteiger partial charge in [-0.05, 0) is 30.7 Å². The maximum atomic E-state index is 12.2. The molecule has 0 saturated carbocycles. The van der Waals surface area contributed by atoms with Gasteiger partial charge in [0.25, 0.3) is 0 Å². The van der Waals surface area contributed by atoms with Gasteiger partial charge in [-0.25, -0.2) is 0 Å². The van der Waals surface area contributed by atoms with Crippen LogP contribution in [-0.4, -0.2) is 21.8 Å². The van der Waals surface area contributed by atoms with Crippen LogP contribution in [0.5, 0.6) is 0 Å². The van der Waals surface area contributed by atoms with E-state index in [0.29, 0.717) is 16.7 Å².